The average molecular weight is 248 g/mol. The molecule has 0 aliphatic rings. The van der Waals surface area contributed by atoms with Crippen molar-refractivity contribution in [2.24, 2.45) is 0 Å². The average Bonchev–Trinajstić information content (AvgIpc) is 2.14. The van der Waals surface area contributed by atoms with Crippen molar-refractivity contribution in [3.8, 4) is 6.07 Å². The molecule has 0 heterocycles. The minimum absolute atomic E-state index is 0.416. The van der Waals surface area contributed by atoms with Crippen molar-refractivity contribution < 1.29 is 12.8 Å². The maximum Gasteiger partial charge on any atom is 0.264 e. The van der Waals surface area contributed by atoms with Crippen LogP contribution in [0.15, 0.2) is 23.1 Å². The van der Waals surface area contributed by atoms with Crippen molar-refractivity contribution in [2.45, 2.75) is 17.7 Å². The molecule has 0 N–H and O–H groups in total. The Labute approximate surface area is 91.5 Å². The van der Waals surface area contributed by atoms with Crippen LogP contribution in [0.3, 0.4) is 0 Å². The summed E-state index contributed by atoms with van der Waals surface area (Å²) >= 11 is 0. The number of nitriles is 1. The van der Waals surface area contributed by atoms with Gasteiger partial charge >= 0.3 is 0 Å². The SMILES string of the molecule is CC(C#N)c1ccc(S(=O)(=O)Cl)c(F)c1. The lowest BCUT2D eigenvalue weighted by Crippen LogP contribution is -1.98. The molecule has 1 atom stereocenters. The van der Waals surface area contributed by atoms with E-state index in [0.29, 0.717) is 5.56 Å². The van der Waals surface area contributed by atoms with Gasteiger partial charge in [-0.3, -0.25) is 0 Å². The topological polar surface area (TPSA) is 57.9 Å². The molecule has 0 amide bonds. The zero-order valence-corrected chi connectivity index (χ0v) is 9.31. The molecule has 15 heavy (non-hydrogen) atoms. The molecule has 0 spiro atoms. The van der Waals surface area contributed by atoms with E-state index in [1.165, 1.54) is 6.07 Å². The Morgan fingerprint density at radius 2 is 2.13 bits per heavy atom. The van der Waals surface area contributed by atoms with Gasteiger partial charge in [-0.05, 0) is 24.6 Å². The monoisotopic (exact) mass is 247 g/mol. The van der Waals surface area contributed by atoms with Gasteiger partial charge in [0.25, 0.3) is 9.05 Å². The summed E-state index contributed by atoms with van der Waals surface area (Å²) in [7, 11) is 0.928. The van der Waals surface area contributed by atoms with Gasteiger partial charge in [-0.15, -0.1) is 0 Å². The van der Waals surface area contributed by atoms with Crippen LogP contribution in [-0.4, -0.2) is 8.42 Å². The Kier molecular flexibility index (Phi) is 3.32. The van der Waals surface area contributed by atoms with Gasteiger partial charge in [0.1, 0.15) is 10.7 Å². The van der Waals surface area contributed by atoms with E-state index in [-0.39, 0.29) is 0 Å². The molecular weight excluding hydrogens is 241 g/mol. The van der Waals surface area contributed by atoms with Gasteiger partial charge in [-0.25, -0.2) is 12.8 Å². The van der Waals surface area contributed by atoms with Gasteiger partial charge in [0, 0.05) is 10.7 Å². The highest BCUT2D eigenvalue weighted by Crippen LogP contribution is 2.23. The summed E-state index contributed by atoms with van der Waals surface area (Å²) in [5.74, 6) is -1.43. The number of nitrogens with zero attached hydrogens (tertiary/aromatic N) is 1. The molecule has 0 saturated heterocycles. The van der Waals surface area contributed by atoms with Crippen molar-refractivity contribution in [3.63, 3.8) is 0 Å². The minimum atomic E-state index is -4.07. The maximum absolute atomic E-state index is 13.3. The Balaban J connectivity index is 3.28. The van der Waals surface area contributed by atoms with E-state index >= 15 is 0 Å². The third kappa shape index (κ3) is 2.67. The summed E-state index contributed by atoms with van der Waals surface area (Å²) in [6.07, 6.45) is 0. The van der Waals surface area contributed by atoms with Crippen molar-refractivity contribution in [2.75, 3.05) is 0 Å². The summed E-state index contributed by atoms with van der Waals surface area (Å²) in [5, 5.41) is 8.59. The second-order valence-corrected chi connectivity index (χ2v) is 5.51. The van der Waals surface area contributed by atoms with Crippen LogP contribution in [0.2, 0.25) is 0 Å². The van der Waals surface area contributed by atoms with Crippen molar-refractivity contribution in [3.05, 3.63) is 29.6 Å². The first-order valence-corrected chi connectivity index (χ1v) is 6.31. The van der Waals surface area contributed by atoms with Gasteiger partial charge in [-0.1, -0.05) is 6.07 Å². The van der Waals surface area contributed by atoms with Crippen LogP contribution < -0.4 is 0 Å². The van der Waals surface area contributed by atoms with Crippen LogP contribution in [0.25, 0.3) is 0 Å². The molecule has 1 aromatic carbocycles. The van der Waals surface area contributed by atoms with Gasteiger partial charge < -0.3 is 0 Å². The van der Waals surface area contributed by atoms with Crippen LogP contribution in [0, 0.1) is 17.1 Å². The summed E-state index contributed by atoms with van der Waals surface area (Å²) in [5.41, 5.74) is 0.416. The molecule has 0 aliphatic heterocycles. The molecule has 0 fully saturated rings. The van der Waals surface area contributed by atoms with Crippen LogP contribution in [-0.2, 0) is 9.05 Å². The number of hydrogen-bond acceptors (Lipinski definition) is 3. The third-order valence-corrected chi connectivity index (χ3v) is 3.27. The lowest BCUT2D eigenvalue weighted by molar-refractivity contribution is 0.573. The van der Waals surface area contributed by atoms with Crippen molar-refractivity contribution in [1.29, 1.82) is 5.26 Å². The Hall–Kier alpha value is -1.12. The van der Waals surface area contributed by atoms with E-state index < -0.39 is 25.7 Å². The molecule has 1 rings (SSSR count). The fourth-order valence-corrected chi connectivity index (χ4v) is 1.96. The van der Waals surface area contributed by atoms with Gasteiger partial charge in [-0.2, -0.15) is 5.26 Å². The summed E-state index contributed by atoms with van der Waals surface area (Å²) in [6, 6.07) is 5.34. The number of benzene rings is 1. The second-order valence-electron chi connectivity index (χ2n) is 2.98. The predicted molar refractivity (Wildman–Crippen MR) is 53.5 cm³/mol. The van der Waals surface area contributed by atoms with Gasteiger partial charge in [0.15, 0.2) is 0 Å². The second kappa shape index (κ2) is 4.17. The Morgan fingerprint density at radius 3 is 2.53 bits per heavy atom. The number of rotatable bonds is 2. The number of hydrogen-bond donors (Lipinski definition) is 0. The van der Waals surface area contributed by atoms with Crippen LogP contribution in [0.4, 0.5) is 4.39 Å². The smallest absolute Gasteiger partial charge is 0.207 e. The first-order chi connectivity index (χ1) is 6.86. The molecule has 1 unspecified atom stereocenters. The molecule has 3 nitrogen and oxygen atoms in total. The molecule has 0 aliphatic carbocycles. The summed E-state index contributed by atoms with van der Waals surface area (Å²) in [6.45, 7) is 1.59. The fourth-order valence-electron chi connectivity index (χ4n) is 1.06. The van der Waals surface area contributed by atoms with E-state index in [0.717, 1.165) is 12.1 Å². The normalized spacial score (nSPS) is 13.2. The lowest BCUT2D eigenvalue weighted by Gasteiger charge is -2.04. The lowest BCUT2D eigenvalue weighted by atomic mass is 10.0. The first-order valence-electron chi connectivity index (χ1n) is 4.00. The highest BCUT2D eigenvalue weighted by molar-refractivity contribution is 8.13. The zero-order valence-electron chi connectivity index (χ0n) is 7.74. The Morgan fingerprint density at radius 1 is 1.53 bits per heavy atom. The van der Waals surface area contributed by atoms with E-state index in [2.05, 4.69) is 0 Å². The molecular formula is C9H7ClFNO2S. The first kappa shape index (κ1) is 12.0. The van der Waals surface area contributed by atoms with Gasteiger partial charge in [0.2, 0.25) is 0 Å². The summed E-state index contributed by atoms with van der Waals surface area (Å²) in [4.78, 5) is -0.571. The standard InChI is InChI=1S/C9H7ClFNO2S/c1-6(5-12)7-2-3-9(8(11)4-7)15(10,13)14/h2-4,6H,1H3. The number of halogens is 2. The molecule has 6 heteroatoms. The van der Waals surface area contributed by atoms with Crippen molar-refractivity contribution >= 4 is 19.7 Å². The fraction of sp³-hybridized carbons (Fsp3) is 0.222. The van der Waals surface area contributed by atoms with E-state index in [4.69, 9.17) is 15.9 Å². The largest absolute Gasteiger partial charge is 0.264 e. The molecule has 0 radical (unpaired) electrons. The molecule has 0 saturated carbocycles. The summed E-state index contributed by atoms with van der Waals surface area (Å²) < 4.78 is 35.0. The third-order valence-electron chi connectivity index (χ3n) is 1.91. The van der Waals surface area contributed by atoms with Crippen LogP contribution in [0.5, 0.6) is 0 Å². The predicted octanol–water partition coefficient (Wildman–Crippen LogP) is 2.38. The van der Waals surface area contributed by atoms with Gasteiger partial charge in [0.05, 0.1) is 12.0 Å². The molecule has 80 valence electrons. The molecule has 0 aromatic heterocycles. The molecule has 1 aromatic rings. The van der Waals surface area contributed by atoms with Crippen LogP contribution >= 0.6 is 10.7 Å². The van der Waals surface area contributed by atoms with Crippen molar-refractivity contribution in [1.82, 2.24) is 0 Å². The minimum Gasteiger partial charge on any atom is -0.207 e. The quantitative estimate of drug-likeness (QED) is 0.754. The Bertz CT molecular complexity index is 521. The highest BCUT2D eigenvalue weighted by atomic mass is 35.7. The van der Waals surface area contributed by atoms with E-state index in [1.807, 2.05) is 6.07 Å². The highest BCUT2D eigenvalue weighted by Gasteiger charge is 2.17. The zero-order chi connectivity index (χ0) is 11.6. The maximum atomic E-state index is 13.3. The van der Waals surface area contributed by atoms with E-state index in [1.54, 1.807) is 6.92 Å². The molecule has 0 bridgehead atoms. The van der Waals surface area contributed by atoms with Crippen LogP contribution in [0.1, 0.15) is 18.4 Å². The van der Waals surface area contributed by atoms with E-state index in [9.17, 15) is 12.8 Å².